The fraction of sp³-hybridized carbons (Fsp3) is 0.250. The fourth-order valence-electron chi connectivity index (χ4n) is 4.60. The highest BCUT2D eigenvalue weighted by atomic mass is 16.1. The van der Waals surface area contributed by atoms with Gasteiger partial charge in [-0.15, -0.1) is 0 Å². The molecule has 0 spiro atoms. The lowest BCUT2D eigenvalue weighted by molar-refractivity contribution is -0.122. The molecule has 1 amide bonds. The van der Waals surface area contributed by atoms with Crippen molar-refractivity contribution in [3.05, 3.63) is 71.7 Å². The summed E-state index contributed by atoms with van der Waals surface area (Å²) in [6.45, 7) is 1.94. The van der Waals surface area contributed by atoms with Crippen molar-refractivity contribution < 1.29 is 4.79 Å². The summed E-state index contributed by atoms with van der Waals surface area (Å²) in [6.07, 6.45) is 9.06. The van der Waals surface area contributed by atoms with E-state index >= 15 is 0 Å². The average molecular weight is 428 g/mol. The normalized spacial score (nSPS) is 23.7. The van der Waals surface area contributed by atoms with E-state index in [1.54, 1.807) is 0 Å². The Morgan fingerprint density at radius 3 is 2.59 bits per heavy atom. The molecule has 162 valence electrons. The number of nitrogens with zero attached hydrogens (tertiary/aromatic N) is 3. The van der Waals surface area contributed by atoms with E-state index in [9.17, 15) is 4.79 Å². The Labute approximate surface area is 186 Å². The molecule has 8 nitrogen and oxygen atoms in total. The monoisotopic (exact) mass is 427 g/mol. The summed E-state index contributed by atoms with van der Waals surface area (Å²) in [5.41, 5.74) is 7.72. The van der Waals surface area contributed by atoms with Gasteiger partial charge in [-0.25, -0.2) is 9.97 Å². The highest BCUT2D eigenvalue weighted by molar-refractivity contribution is 5.80. The second-order valence-corrected chi connectivity index (χ2v) is 8.35. The molecule has 0 radical (unpaired) electrons. The van der Waals surface area contributed by atoms with Crippen LogP contribution < -0.4 is 16.4 Å². The zero-order valence-electron chi connectivity index (χ0n) is 17.7. The number of benzene rings is 1. The maximum Gasteiger partial charge on any atom is 0.223 e. The number of carbonyl (C=O) groups is 1. The molecule has 2 aromatic heterocycles. The summed E-state index contributed by atoms with van der Waals surface area (Å²) in [5, 5.41) is 13.8. The summed E-state index contributed by atoms with van der Waals surface area (Å²) < 4.78 is 0. The summed E-state index contributed by atoms with van der Waals surface area (Å²) in [4.78, 5) is 21.4. The summed E-state index contributed by atoms with van der Waals surface area (Å²) >= 11 is 0. The van der Waals surface area contributed by atoms with Crippen LogP contribution in [0.2, 0.25) is 0 Å². The molecule has 8 heteroatoms. The molecule has 2 heterocycles. The Hall–Kier alpha value is -3.94. The number of allylic oxidation sites excluding steroid dienone is 1. The molecular formula is C24H25N7O. The Balaban J connectivity index is 1.45. The standard InChI is InChI=1S/C24H25N7O/c1-14-11-21(31-30-14)28-19-13-20(27-18(26-19)10-7-15-5-3-2-4-6-15)29-23-17-9-8-16(12-17)22(23)24(25)32/h2-11,13,16-17,22-23H,12H2,1H3,(H2,25,32)(H3,26,27,28,29,30,31)/b10-7+/t16-,17+,22?,23?/m1/s1. The summed E-state index contributed by atoms with van der Waals surface area (Å²) in [5.74, 6) is 2.40. The zero-order valence-corrected chi connectivity index (χ0v) is 17.7. The quantitative estimate of drug-likeness (QED) is 0.428. The van der Waals surface area contributed by atoms with E-state index < -0.39 is 0 Å². The van der Waals surface area contributed by atoms with E-state index in [1.165, 1.54) is 0 Å². The molecule has 2 unspecified atom stereocenters. The number of H-pyrrole nitrogens is 1. The second-order valence-electron chi connectivity index (χ2n) is 8.35. The zero-order chi connectivity index (χ0) is 22.1. The third-order valence-corrected chi connectivity index (χ3v) is 6.03. The van der Waals surface area contributed by atoms with Gasteiger partial charge in [0.15, 0.2) is 11.6 Å². The van der Waals surface area contributed by atoms with Gasteiger partial charge in [0.05, 0.1) is 5.92 Å². The van der Waals surface area contributed by atoms with Crippen molar-refractivity contribution in [2.75, 3.05) is 10.6 Å². The van der Waals surface area contributed by atoms with Gasteiger partial charge in [-0.1, -0.05) is 48.6 Å². The molecule has 1 fully saturated rings. The first-order chi connectivity index (χ1) is 15.5. The van der Waals surface area contributed by atoms with Crippen LogP contribution in [0, 0.1) is 24.7 Å². The van der Waals surface area contributed by atoms with Crippen molar-refractivity contribution in [3.63, 3.8) is 0 Å². The Morgan fingerprint density at radius 2 is 1.84 bits per heavy atom. The summed E-state index contributed by atoms with van der Waals surface area (Å²) in [7, 11) is 0. The molecule has 2 bridgehead atoms. The van der Waals surface area contributed by atoms with Gasteiger partial charge >= 0.3 is 0 Å². The van der Waals surface area contributed by atoms with Gasteiger partial charge in [0.2, 0.25) is 5.91 Å². The molecule has 1 aromatic carbocycles. The average Bonchev–Trinajstić information content (AvgIpc) is 3.49. The Bertz CT molecular complexity index is 1180. The van der Waals surface area contributed by atoms with Crippen LogP contribution in [0.25, 0.3) is 12.2 Å². The second kappa shape index (κ2) is 8.30. The lowest BCUT2D eigenvalue weighted by atomic mass is 9.88. The van der Waals surface area contributed by atoms with Crippen LogP contribution in [0.5, 0.6) is 0 Å². The van der Waals surface area contributed by atoms with E-state index in [0.717, 1.165) is 17.7 Å². The van der Waals surface area contributed by atoms with Gasteiger partial charge in [-0.05, 0) is 36.8 Å². The van der Waals surface area contributed by atoms with Crippen LogP contribution in [-0.2, 0) is 4.79 Å². The van der Waals surface area contributed by atoms with Crippen molar-refractivity contribution in [1.29, 1.82) is 0 Å². The van der Waals surface area contributed by atoms with E-state index in [-0.39, 0.29) is 29.7 Å². The smallest absolute Gasteiger partial charge is 0.223 e. The molecule has 32 heavy (non-hydrogen) atoms. The van der Waals surface area contributed by atoms with E-state index in [4.69, 9.17) is 5.73 Å². The molecule has 2 aliphatic carbocycles. The minimum atomic E-state index is -0.275. The minimum Gasteiger partial charge on any atom is -0.369 e. The number of nitrogens with one attached hydrogen (secondary N) is 3. The van der Waals surface area contributed by atoms with Crippen molar-refractivity contribution in [2.45, 2.75) is 19.4 Å². The summed E-state index contributed by atoms with van der Waals surface area (Å²) in [6, 6.07) is 13.6. The first kappa shape index (κ1) is 20.0. The number of fused-ring (bicyclic) bond motifs is 2. The largest absolute Gasteiger partial charge is 0.369 e. The molecule has 4 atom stereocenters. The van der Waals surface area contributed by atoms with E-state index in [0.29, 0.717) is 23.3 Å². The molecule has 0 aliphatic heterocycles. The number of anilines is 3. The lowest BCUT2D eigenvalue weighted by Crippen LogP contribution is -2.41. The maximum absolute atomic E-state index is 12.1. The highest BCUT2D eigenvalue weighted by Crippen LogP contribution is 2.44. The first-order valence-electron chi connectivity index (χ1n) is 10.7. The van der Waals surface area contributed by atoms with Crippen molar-refractivity contribution in [3.8, 4) is 0 Å². The molecule has 1 saturated carbocycles. The van der Waals surface area contributed by atoms with Gasteiger partial charge in [0, 0.05) is 23.9 Å². The third kappa shape index (κ3) is 4.12. The number of aromatic amines is 1. The van der Waals surface area contributed by atoms with Crippen LogP contribution in [-0.4, -0.2) is 32.1 Å². The molecule has 3 aromatic rings. The van der Waals surface area contributed by atoms with Crippen LogP contribution in [0.15, 0.2) is 54.6 Å². The number of rotatable bonds is 7. The molecule has 2 aliphatic rings. The number of nitrogens with two attached hydrogens (primary N) is 1. The number of carbonyl (C=O) groups excluding carboxylic acids is 1. The number of amides is 1. The number of hydrogen-bond donors (Lipinski definition) is 4. The van der Waals surface area contributed by atoms with Crippen molar-refractivity contribution in [2.24, 2.45) is 23.5 Å². The van der Waals surface area contributed by atoms with Gasteiger partial charge in [0.25, 0.3) is 0 Å². The SMILES string of the molecule is Cc1cc(Nc2cc(NC3C(C(N)=O)[C@@H]4C=C[C@H]3C4)nc(/C=C/c3ccccc3)n2)n[nH]1. The maximum atomic E-state index is 12.1. The lowest BCUT2D eigenvalue weighted by Gasteiger charge is -2.27. The van der Waals surface area contributed by atoms with Gasteiger partial charge in [-0.2, -0.15) is 5.10 Å². The number of hydrogen-bond acceptors (Lipinski definition) is 6. The number of primary amides is 1. The van der Waals surface area contributed by atoms with Crippen molar-refractivity contribution in [1.82, 2.24) is 20.2 Å². The number of aromatic nitrogens is 4. The van der Waals surface area contributed by atoms with E-state index in [2.05, 4.69) is 43.0 Å². The van der Waals surface area contributed by atoms with Crippen molar-refractivity contribution >= 4 is 35.5 Å². The van der Waals surface area contributed by atoms with Gasteiger partial charge in [-0.3, -0.25) is 9.89 Å². The Morgan fingerprint density at radius 1 is 1.06 bits per heavy atom. The fourth-order valence-corrected chi connectivity index (χ4v) is 4.60. The number of aryl methyl sites for hydroxylation is 1. The highest BCUT2D eigenvalue weighted by Gasteiger charge is 2.47. The van der Waals surface area contributed by atoms with Crippen LogP contribution in [0.1, 0.15) is 23.5 Å². The third-order valence-electron chi connectivity index (χ3n) is 6.03. The van der Waals surface area contributed by atoms with Gasteiger partial charge in [0.1, 0.15) is 11.6 Å². The molecular weight excluding hydrogens is 402 g/mol. The van der Waals surface area contributed by atoms with E-state index in [1.807, 2.05) is 61.5 Å². The predicted molar refractivity (Wildman–Crippen MR) is 125 cm³/mol. The molecule has 0 saturated heterocycles. The predicted octanol–water partition coefficient (Wildman–Crippen LogP) is 3.51. The van der Waals surface area contributed by atoms with Crippen LogP contribution in [0.4, 0.5) is 17.5 Å². The topological polar surface area (TPSA) is 122 Å². The first-order valence-corrected chi connectivity index (χ1v) is 10.7. The molecule has 5 N–H and O–H groups in total. The minimum absolute atomic E-state index is 0.0798. The Kier molecular flexibility index (Phi) is 5.18. The molecule has 5 rings (SSSR count). The van der Waals surface area contributed by atoms with Gasteiger partial charge < -0.3 is 16.4 Å². The van der Waals surface area contributed by atoms with Crippen LogP contribution in [0.3, 0.4) is 0 Å². The van der Waals surface area contributed by atoms with Crippen LogP contribution >= 0.6 is 0 Å².